The molecule has 3 aromatic heterocycles. The standard InChI is InChI=1S/C31H37N7O5S/c1-19-16-33-30(44-19)35-29(39)21-7-11-24(12-8-21)43-25-13-14-32-28-26(25)27(34-22-4-3-15-37(18-22)31(40)41)36-38(28)17-20-5-9-23(42-2)10-6-20/h5-6,9-10,13-14,16,21-22,24H,3-4,7-8,11-12,15,17-18H2,1-2H3,(H,34,36)(H,40,41)(H,33,35,39)/t21?,22-,24?/m1/s1. The van der Waals surface area contributed by atoms with Crippen molar-refractivity contribution < 1.29 is 24.2 Å². The SMILES string of the molecule is COc1ccc(Cn2nc(N[C@@H]3CCCN(C(=O)O)C3)c3c(OC4CCC(C(=O)Nc5ncc(C)s5)CC4)ccnc32)cc1. The minimum atomic E-state index is -0.914. The van der Waals surface area contributed by atoms with Crippen molar-refractivity contribution in [3.8, 4) is 11.5 Å². The second kappa shape index (κ2) is 13.1. The molecule has 6 rings (SSSR count). The second-order valence-corrected chi connectivity index (χ2v) is 12.7. The van der Waals surface area contributed by atoms with Gasteiger partial charge < -0.3 is 30.1 Å². The van der Waals surface area contributed by atoms with Crippen LogP contribution in [0.3, 0.4) is 0 Å². The molecule has 232 valence electrons. The van der Waals surface area contributed by atoms with E-state index in [0.717, 1.165) is 60.1 Å². The van der Waals surface area contributed by atoms with E-state index in [2.05, 4.69) is 15.6 Å². The first kappa shape index (κ1) is 29.7. The lowest BCUT2D eigenvalue weighted by atomic mass is 9.87. The molecule has 13 heteroatoms. The average molecular weight is 620 g/mol. The Kier molecular flexibility index (Phi) is 8.82. The number of hydrogen-bond acceptors (Lipinski definition) is 9. The van der Waals surface area contributed by atoms with Crippen LogP contribution >= 0.6 is 11.3 Å². The summed E-state index contributed by atoms with van der Waals surface area (Å²) < 4.78 is 13.8. The summed E-state index contributed by atoms with van der Waals surface area (Å²) >= 11 is 1.48. The number of rotatable bonds is 9. The van der Waals surface area contributed by atoms with Crippen LogP contribution in [0.25, 0.3) is 11.0 Å². The van der Waals surface area contributed by atoms with Gasteiger partial charge in [0, 0.05) is 42.3 Å². The molecule has 2 fully saturated rings. The predicted octanol–water partition coefficient (Wildman–Crippen LogP) is 5.38. The van der Waals surface area contributed by atoms with Gasteiger partial charge in [-0.3, -0.25) is 4.79 Å². The number of benzene rings is 1. The summed E-state index contributed by atoms with van der Waals surface area (Å²) in [6.07, 6.45) is 7.08. The average Bonchev–Trinajstić information content (AvgIpc) is 3.60. The first-order valence-corrected chi connectivity index (χ1v) is 15.8. The normalized spacial score (nSPS) is 20.3. The van der Waals surface area contributed by atoms with Crippen LogP contribution in [-0.2, 0) is 11.3 Å². The van der Waals surface area contributed by atoms with Crippen molar-refractivity contribution in [3.05, 3.63) is 53.2 Å². The summed E-state index contributed by atoms with van der Waals surface area (Å²) in [6.45, 7) is 3.37. The van der Waals surface area contributed by atoms with Crippen LogP contribution in [0.4, 0.5) is 15.7 Å². The highest BCUT2D eigenvalue weighted by Crippen LogP contribution is 2.36. The fraction of sp³-hybridized carbons (Fsp3) is 0.452. The number of thiazole rings is 1. The van der Waals surface area contributed by atoms with Gasteiger partial charge in [-0.25, -0.2) is 19.4 Å². The Labute approximate surface area is 259 Å². The molecule has 1 aliphatic carbocycles. The van der Waals surface area contributed by atoms with Crippen molar-refractivity contribution in [1.82, 2.24) is 24.6 Å². The maximum Gasteiger partial charge on any atom is 0.407 e. The number of aryl methyl sites for hydroxylation is 1. The minimum Gasteiger partial charge on any atom is -0.497 e. The number of fused-ring (bicyclic) bond motifs is 1. The molecule has 0 bridgehead atoms. The number of amides is 2. The van der Waals surface area contributed by atoms with Crippen molar-refractivity contribution in [1.29, 1.82) is 0 Å². The zero-order chi connectivity index (χ0) is 30.6. The van der Waals surface area contributed by atoms with Crippen LogP contribution in [0.1, 0.15) is 49.0 Å². The van der Waals surface area contributed by atoms with E-state index in [9.17, 15) is 14.7 Å². The second-order valence-electron chi connectivity index (χ2n) is 11.4. The Hall–Kier alpha value is -4.39. The number of methoxy groups -OCH3 is 1. The molecular formula is C31H37N7O5S. The van der Waals surface area contributed by atoms with Crippen LogP contribution in [0.2, 0.25) is 0 Å². The monoisotopic (exact) mass is 619 g/mol. The molecule has 4 aromatic rings. The lowest BCUT2D eigenvalue weighted by molar-refractivity contribution is -0.121. The van der Waals surface area contributed by atoms with Gasteiger partial charge in [0.25, 0.3) is 0 Å². The summed E-state index contributed by atoms with van der Waals surface area (Å²) in [5, 5.41) is 22.4. The Morgan fingerprint density at radius 3 is 2.59 bits per heavy atom. The van der Waals surface area contributed by atoms with E-state index in [1.807, 2.05) is 41.9 Å². The smallest absolute Gasteiger partial charge is 0.407 e. The number of carbonyl (C=O) groups is 2. The number of anilines is 2. The van der Waals surface area contributed by atoms with Crippen molar-refractivity contribution in [2.75, 3.05) is 30.8 Å². The predicted molar refractivity (Wildman–Crippen MR) is 168 cm³/mol. The molecule has 3 N–H and O–H groups in total. The Morgan fingerprint density at radius 1 is 1.09 bits per heavy atom. The molecule has 44 heavy (non-hydrogen) atoms. The van der Waals surface area contributed by atoms with Gasteiger partial charge in [0.1, 0.15) is 16.9 Å². The van der Waals surface area contributed by atoms with E-state index in [0.29, 0.717) is 42.0 Å². The molecule has 1 saturated heterocycles. The number of aromatic nitrogens is 4. The van der Waals surface area contributed by atoms with Crippen molar-refractivity contribution in [3.63, 3.8) is 0 Å². The maximum atomic E-state index is 12.8. The summed E-state index contributed by atoms with van der Waals surface area (Å²) in [6, 6.07) is 9.60. The number of ether oxygens (including phenoxy) is 2. The number of carboxylic acid groups (broad SMARTS) is 1. The molecule has 12 nitrogen and oxygen atoms in total. The first-order valence-electron chi connectivity index (χ1n) is 15.0. The summed E-state index contributed by atoms with van der Waals surface area (Å²) in [4.78, 5) is 36.0. The highest BCUT2D eigenvalue weighted by Gasteiger charge is 2.30. The van der Waals surface area contributed by atoms with Crippen LogP contribution in [0.15, 0.2) is 42.7 Å². The number of pyridine rings is 1. The van der Waals surface area contributed by atoms with E-state index in [1.54, 1.807) is 19.5 Å². The Balaban J connectivity index is 1.21. The highest BCUT2D eigenvalue weighted by molar-refractivity contribution is 7.15. The van der Waals surface area contributed by atoms with Crippen molar-refractivity contribution >= 4 is 45.3 Å². The third-order valence-electron chi connectivity index (χ3n) is 8.31. The molecule has 0 spiro atoms. The van der Waals surface area contributed by atoms with E-state index < -0.39 is 6.09 Å². The van der Waals surface area contributed by atoms with Gasteiger partial charge in [-0.1, -0.05) is 12.1 Å². The van der Waals surface area contributed by atoms with Crippen LogP contribution < -0.4 is 20.1 Å². The van der Waals surface area contributed by atoms with E-state index in [-0.39, 0.29) is 24.0 Å². The summed E-state index contributed by atoms with van der Waals surface area (Å²) in [5.41, 5.74) is 1.72. The molecule has 2 amide bonds. The zero-order valence-electron chi connectivity index (χ0n) is 24.9. The lowest BCUT2D eigenvalue weighted by Gasteiger charge is -2.31. The van der Waals surface area contributed by atoms with Gasteiger partial charge in [0.15, 0.2) is 16.6 Å². The van der Waals surface area contributed by atoms with Gasteiger partial charge in [-0.2, -0.15) is 5.10 Å². The molecule has 0 radical (unpaired) electrons. The molecule has 1 saturated carbocycles. The van der Waals surface area contributed by atoms with E-state index in [1.165, 1.54) is 16.2 Å². The third-order valence-corrected chi connectivity index (χ3v) is 9.14. The molecule has 1 aliphatic heterocycles. The van der Waals surface area contributed by atoms with Gasteiger partial charge in [-0.05, 0) is 69.2 Å². The van der Waals surface area contributed by atoms with Crippen LogP contribution in [0.5, 0.6) is 11.5 Å². The maximum absolute atomic E-state index is 12.8. The number of piperidine rings is 1. The van der Waals surface area contributed by atoms with Crippen LogP contribution in [0, 0.1) is 12.8 Å². The Bertz CT molecular complexity index is 1610. The molecular weight excluding hydrogens is 582 g/mol. The molecule has 2 aliphatic rings. The first-order chi connectivity index (χ1) is 21.4. The molecule has 4 heterocycles. The number of hydrogen-bond donors (Lipinski definition) is 3. The van der Waals surface area contributed by atoms with Crippen molar-refractivity contribution in [2.45, 2.75) is 64.1 Å². The molecule has 0 unspecified atom stereocenters. The van der Waals surface area contributed by atoms with E-state index >= 15 is 0 Å². The number of carbonyl (C=O) groups excluding carboxylic acids is 1. The topological polar surface area (TPSA) is 144 Å². The van der Waals surface area contributed by atoms with E-state index in [4.69, 9.17) is 19.6 Å². The van der Waals surface area contributed by atoms with Gasteiger partial charge >= 0.3 is 6.09 Å². The number of nitrogens with one attached hydrogen (secondary N) is 2. The fourth-order valence-corrected chi connectivity index (χ4v) is 6.66. The third kappa shape index (κ3) is 6.72. The molecule has 1 aromatic carbocycles. The quantitative estimate of drug-likeness (QED) is 0.225. The molecule has 1 atom stereocenters. The summed E-state index contributed by atoms with van der Waals surface area (Å²) in [5.74, 6) is 2.01. The summed E-state index contributed by atoms with van der Waals surface area (Å²) in [7, 11) is 1.64. The largest absolute Gasteiger partial charge is 0.497 e. The van der Waals surface area contributed by atoms with Gasteiger partial charge in [-0.15, -0.1) is 11.3 Å². The zero-order valence-corrected chi connectivity index (χ0v) is 25.7. The van der Waals surface area contributed by atoms with Gasteiger partial charge in [0.2, 0.25) is 5.91 Å². The number of nitrogens with zero attached hydrogens (tertiary/aromatic N) is 5. The lowest BCUT2D eigenvalue weighted by Crippen LogP contribution is -2.44. The highest BCUT2D eigenvalue weighted by atomic mass is 32.1. The number of likely N-dealkylation sites (tertiary alicyclic amines) is 1. The fourth-order valence-electron chi connectivity index (χ4n) is 5.99. The van der Waals surface area contributed by atoms with Gasteiger partial charge in [0.05, 0.1) is 19.8 Å². The Morgan fingerprint density at radius 2 is 1.89 bits per heavy atom. The van der Waals surface area contributed by atoms with Crippen molar-refractivity contribution in [2.24, 2.45) is 5.92 Å². The van der Waals surface area contributed by atoms with Crippen LogP contribution in [-0.4, -0.2) is 74.1 Å². The minimum absolute atomic E-state index is 0.0123.